The first-order chi connectivity index (χ1) is 10.0. The highest BCUT2D eigenvalue weighted by atomic mass is 32.1. The summed E-state index contributed by atoms with van der Waals surface area (Å²) in [5.41, 5.74) is 6.33. The third-order valence-electron chi connectivity index (χ3n) is 2.58. The van der Waals surface area contributed by atoms with Crippen molar-refractivity contribution in [3.05, 3.63) is 4.88 Å². The molecule has 0 aromatic carbocycles. The van der Waals surface area contributed by atoms with Gasteiger partial charge in [0.15, 0.2) is 5.75 Å². The van der Waals surface area contributed by atoms with E-state index in [1.807, 2.05) is 20.8 Å². The van der Waals surface area contributed by atoms with Gasteiger partial charge in [-0.15, -0.1) is 11.3 Å². The predicted octanol–water partition coefficient (Wildman–Crippen LogP) is 2.74. The van der Waals surface area contributed by atoms with Crippen molar-refractivity contribution in [2.45, 2.75) is 33.3 Å². The van der Waals surface area contributed by atoms with E-state index in [9.17, 15) is 4.79 Å². The van der Waals surface area contributed by atoms with E-state index >= 15 is 0 Å². The molecule has 0 radical (unpaired) electrons. The number of nitrogens with one attached hydrogen (secondary N) is 1. The molecule has 0 aliphatic heterocycles. The van der Waals surface area contributed by atoms with Gasteiger partial charge in [-0.2, -0.15) is 0 Å². The highest BCUT2D eigenvalue weighted by Crippen LogP contribution is 2.43. The first-order valence-corrected chi connectivity index (χ1v) is 7.81. The molecule has 0 spiro atoms. The van der Waals surface area contributed by atoms with E-state index in [2.05, 4.69) is 5.32 Å². The molecule has 0 aliphatic rings. The lowest BCUT2D eigenvalue weighted by Gasteiger charge is -2.12. The molecule has 0 atom stereocenters. The van der Waals surface area contributed by atoms with Crippen molar-refractivity contribution in [3.8, 4) is 5.75 Å². The second-order valence-corrected chi connectivity index (χ2v) is 5.66. The number of nitrogen functional groups attached to an aromatic ring is 1. The monoisotopic (exact) mass is 316 g/mol. The molecule has 7 heteroatoms. The molecule has 0 saturated heterocycles. The zero-order chi connectivity index (χ0) is 15.8. The van der Waals surface area contributed by atoms with Crippen molar-refractivity contribution in [2.75, 3.05) is 37.9 Å². The number of methoxy groups -OCH3 is 1. The van der Waals surface area contributed by atoms with Crippen LogP contribution in [-0.2, 0) is 9.47 Å². The summed E-state index contributed by atoms with van der Waals surface area (Å²) in [5, 5.41) is 3.99. The van der Waals surface area contributed by atoms with E-state index < -0.39 is 5.97 Å². The molecule has 21 heavy (non-hydrogen) atoms. The van der Waals surface area contributed by atoms with Crippen LogP contribution in [0.4, 0.5) is 10.7 Å². The number of hydrogen-bond acceptors (Lipinski definition) is 7. The number of carbonyl (C=O) groups is 1. The molecule has 0 amide bonds. The SMILES string of the molecule is CCOCCCNc1sc(C(=O)OC)c(N)c1OC(C)C. The summed E-state index contributed by atoms with van der Waals surface area (Å²) in [6.45, 7) is 7.90. The van der Waals surface area contributed by atoms with E-state index in [1.54, 1.807) is 0 Å². The van der Waals surface area contributed by atoms with Crippen LogP contribution in [0.2, 0.25) is 0 Å². The second-order valence-electron chi connectivity index (χ2n) is 4.64. The van der Waals surface area contributed by atoms with Gasteiger partial charge < -0.3 is 25.3 Å². The molecular weight excluding hydrogens is 292 g/mol. The Hall–Kier alpha value is -1.47. The highest BCUT2D eigenvalue weighted by molar-refractivity contribution is 7.19. The van der Waals surface area contributed by atoms with Crippen LogP contribution in [0.3, 0.4) is 0 Å². The minimum absolute atomic E-state index is 0.0311. The number of carbonyl (C=O) groups excluding carboxylic acids is 1. The van der Waals surface area contributed by atoms with E-state index in [4.69, 9.17) is 19.9 Å². The number of anilines is 2. The maximum Gasteiger partial charge on any atom is 0.350 e. The summed E-state index contributed by atoms with van der Waals surface area (Å²) in [7, 11) is 1.33. The quantitative estimate of drug-likeness (QED) is 0.538. The number of nitrogens with two attached hydrogens (primary N) is 1. The van der Waals surface area contributed by atoms with Crippen LogP contribution in [0, 0.1) is 0 Å². The molecule has 3 N–H and O–H groups in total. The summed E-state index contributed by atoms with van der Waals surface area (Å²) in [4.78, 5) is 12.1. The Morgan fingerprint density at radius 2 is 2.14 bits per heavy atom. The van der Waals surface area contributed by atoms with Crippen LogP contribution in [0.25, 0.3) is 0 Å². The maximum absolute atomic E-state index is 11.7. The van der Waals surface area contributed by atoms with Gasteiger partial charge in [-0.25, -0.2) is 4.79 Å². The van der Waals surface area contributed by atoms with Gasteiger partial charge in [0.05, 0.1) is 13.2 Å². The van der Waals surface area contributed by atoms with E-state index in [1.165, 1.54) is 18.4 Å². The second kappa shape index (κ2) is 8.74. The molecule has 0 saturated carbocycles. The highest BCUT2D eigenvalue weighted by Gasteiger charge is 2.23. The van der Waals surface area contributed by atoms with Crippen molar-refractivity contribution in [2.24, 2.45) is 0 Å². The van der Waals surface area contributed by atoms with Crippen molar-refractivity contribution in [1.29, 1.82) is 0 Å². The Kier molecular flexibility index (Phi) is 7.31. The van der Waals surface area contributed by atoms with E-state index in [0.29, 0.717) is 29.5 Å². The van der Waals surface area contributed by atoms with Gasteiger partial charge in [0, 0.05) is 19.8 Å². The standard InChI is InChI=1S/C14H24N2O4S/c1-5-19-8-6-7-16-13-11(20-9(2)3)10(15)12(21-13)14(17)18-4/h9,16H,5-8,15H2,1-4H3. The number of thiophene rings is 1. The van der Waals surface area contributed by atoms with Crippen LogP contribution in [-0.4, -0.2) is 38.9 Å². The summed E-state index contributed by atoms with van der Waals surface area (Å²) in [6.07, 6.45) is 0.830. The molecule has 0 aliphatic carbocycles. The number of hydrogen-bond donors (Lipinski definition) is 2. The molecule has 1 aromatic rings. The predicted molar refractivity (Wildman–Crippen MR) is 85.4 cm³/mol. The Balaban J connectivity index is 2.81. The molecule has 0 bridgehead atoms. The number of esters is 1. The van der Waals surface area contributed by atoms with E-state index in [0.717, 1.165) is 18.0 Å². The Labute approximate surface area is 129 Å². The Morgan fingerprint density at radius 3 is 2.71 bits per heavy atom. The van der Waals surface area contributed by atoms with Crippen LogP contribution in [0.1, 0.15) is 36.9 Å². The summed E-state index contributed by atoms with van der Waals surface area (Å²) in [6, 6.07) is 0. The van der Waals surface area contributed by atoms with Gasteiger partial charge in [0.25, 0.3) is 0 Å². The van der Waals surface area contributed by atoms with Crippen molar-refractivity contribution in [1.82, 2.24) is 0 Å². The smallest absolute Gasteiger partial charge is 0.350 e. The third-order valence-corrected chi connectivity index (χ3v) is 3.70. The van der Waals surface area contributed by atoms with Gasteiger partial charge in [-0.05, 0) is 27.2 Å². The first-order valence-electron chi connectivity index (χ1n) is 7.00. The van der Waals surface area contributed by atoms with Crippen molar-refractivity contribution >= 4 is 28.0 Å². The van der Waals surface area contributed by atoms with Gasteiger partial charge >= 0.3 is 5.97 Å². The van der Waals surface area contributed by atoms with Crippen molar-refractivity contribution in [3.63, 3.8) is 0 Å². The molecule has 0 fully saturated rings. The zero-order valence-electron chi connectivity index (χ0n) is 13.0. The lowest BCUT2D eigenvalue weighted by atomic mass is 10.3. The number of rotatable bonds is 9. The fraction of sp³-hybridized carbons (Fsp3) is 0.643. The summed E-state index contributed by atoms with van der Waals surface area (Å²) >= 11 is 1.25. The summed E-state index contributed by atoms with van der Waals surface area (Å²) in [5.74, 6) is 0.0697. The van der Waals surface area contributed by atoms with Crippen LogP contribution in [0.5, 0.6) is 5.75 Å². The lowest BCUT2D eigenvalue weighted by molar-refractivity contribution is 0.0607. The zero-order valence-corrected chi connectivity index (χ0v) is 13.8. The molecule has 0 unspecified atom stereocenters. The topological polar surface area (TPSA) is 82.8 Å². The van der Waals surface area contributed by atoms with E-state index in [-0.39, 0.29) is 6.10 Å². The van der Waals surface area contributed by atoms with Crippen molar-refractivity contribution < 1.29 is 19.0 Å². The molecule has 120 valence electrons. The maximum atomic E-state index is 11.7. The first kappa shape index (κ1) is 17.6. The van der Waals surface area contributed by atoms with Gasteiger partial charge in [0.1, 0.15) is 15.6 Å². The van der Waals surface area contributed by atoms with Crippen LogP contribution < -0.4 is 15.8 Å². The molecule has 1 heterocycles. The fourth-order valence-electron chi connectivity index (χ4n) is 1.66. The lowest BCUT2D eigenvalue weighted by Crippen LogP contribution is -2.10. The Morgan fingerprint density at radius 1 is 1.43 bits per heavy atom. The normalized spacial score (nSPS) is 10.7. The molecule has 1 aromatic heterocycles. The average molecular weight is 316 g/mol. The number of ether oxygens (including phenoxy) is 3. The molecule has 1 rings (SSSR count). The van der Waals surface area contributed by atoms with Crippen LogP contribution >= 0.6 is 11.3 Å². The third kappa shape index (κ3) is 5.09. The largest absolute Gasteiger partial charge is 0.486 e. The van der Waals surface area contributed by atoms with Gasteiger partial charge in [-0.3, -0.25) is 0 Å². The summed E-state index contributed by atoms with van der Waals surface area (Å²) < 4.78 is 15.7. The fourth-order valence-corrected chi connectivity index (χ4v) is 2.66. The molecule has 6 nitrogen and oxygen atoms in total. The Bertz CT molecular complexity index is 460. The van der Waals surface area contributed by atoms with Crippen LogP contribution in [0.15, 0.2) is 0 Å². The minimum Gasteiger partial charge on any atom is -0.486 e. The average Bonchev–Trinajstić information content (AvgIpc) is 2.75. The van der Waals surface area contributed by atoms with Gasteiger partial charge in [0.2, 0.25) is 0 Å². The minimum atomic E-state index is -0.450. The van der Waals surface area contributed by atoms with Gasteiger partial charge in [-0.1, -0.05) is 0 Å². The molecular formula is C14H24N2O4S.